The topological polar surface area (TPSA) is 0 Å². The van der Waals surface area contributed by atoms with Gasteiger partial charge in [0.05, 0.1) is 4.32 Å². The van der Waals surface area contributed by atoms with E-state index >= 15 is 4.39 Å². The van der Waals surface area contributed by atoms with Crippen molar-refractivity contribution in [3.8, 4) is 0 Å². The van der Waals surface area contributed by atoms with Crippen molar-refractivity contribution in [3.05, 3.63) is 89.6 Å². The first-order chi connectivity index (χ1) is 10.7. The number of halogens is 2. The van der Waals surface area contributed by atoms with Crippen LogP contribution in [0.1, 0.15) is 17.5 Å². The normalized spacial score (nSPS) is 35.0. The highest BCUT2D eigenvalue weighted by Crippen LogP contribution is 2.57. The van der Waals surface area contributed by atoms with Gasteiger partial charge in [-0.3, -0.25) is 0 Å². The van der Waals surface area contributed by atoms with E-state index < -0.39 is 9.99 Å². The molecule has 0 radical (unpaired) electrons. The zero-order valence-corrected chi connectivity index (χ0v) is 13.6. The Bertz CT molecular complexity index is 768. The molecule has 3 aliphatic rings. The molecule has 3 atom stereocenters. The minimum absolute atomic E-state index is 0.263. The molecule has 0 amide bonds. The number of benzene rings is 1. The van der Waals surface area contributed by atoms with Crippen LogP contribution in [0, 0.1) is 5.92 Å². The molecule has 3 aliphatic carbocycles. The Morgan fingerprint density at radius 2 is 1.95 bits per heavy atom. The molecule has 4 rings (SSSR count). The molecule has 3 unspecified atom stereocenters. The summed E-state index contributed by atoms with van der Waals surface area (Å²) in [5.74, 6) is -0.263. The second-order valence-electron chi connectivity index (χ2n) is 6.01. The first kappa shape index (κ1) is 14.0. The molecule has 0 saturated heterocycles. The lowest BCUT2D eigenvalue weighted by Crippen LogP contribution is -2.50. The van der Waals surface area contributed by atoms with Gasteiger partial charge in [0.2, 0.25) is 0 Å². The maximum atomic E-state index is 16.4. The van der Waals surface area contributed by atoms with Crippen LogP contribution in [-0.4, -0.2) is 5.67 Å². The zero-order valence-electron chi connectivity index (χ0n) is 12.0. The van der Waals surface area contributed by atoms with Gasteiger partial charge >= 0.3 is 0 Å². The van der Waals surface area contributed by atoms with Crippen LogP contribution in [-0.2, 0) is 4.32 Å². The highest BCUT2D eigenvalue weighted by Gasteiger charge is 2.56. The van der Waals surface area contributed by atoms with E-state index in [9.17, 15) is 0 Å². The van der Waals surface area contributed by atoms with Crippen molar-refractivity contribution in [1.29, 1.82) is 0 Å². The van der Waals surface area contributed by atoms with Crippen molar-refractivity contribution in [2.45, 2.75) is 16.4 Å². The van der Waals surface area contributed by atoms with E-state index in [1.54, 1.807) is 6.08 Å². The van der Waals surface area contributed by atoms with Crippen LogP contribution in [0.15, 0.2) is 78.4 Å². The average Bonchev–Trinajstić information content (AvgIpc) is 2.56. The predicted octanol–water partition coefficient (Wildman–Crippen LogP) is 5.64. The van der Waals surface area contributed by atoms with Crippen molar-refractivity contribution in [2.75, 3.05) is 0 Å². The van der Waals surface area contributed by atoms with Gasteiger partial charge in [-0.2, -0.15) is 0 Å². The van der Waals surface area contributed by atoms with Crippen LogP contribution in [0.4, 0.5) is 4.39 Å². The summed E-state index contributed by atoms with van der Waals surface area (Å²) in [7, 11) is 0. The van der Waals surface area contributed by atoms with Gasteiger partial charge < -0.3 is 0 Å². The van der Waals surface area contributed by atoms with E-state index in [-0.39, 0.29) is 5.92 Å². The number of hydrogen-bond donors (Lipinski definition) is 0. The fourth-order valence-corrected chi connectivity index (χ4v) is 4.63. The van der Waals surface area contributed by atoms with Gasteiger partial charge in [0.1, 0.15) is 0 Å². The summed E-state index contributed by atoms with van der Waals surface area (Å²) >= 11 is 3.81. The second-order valence-corrected chi connectivity index (χ2v) is 7.36. The Morgan fingerprint density at radius 1 is 1.09 bits per heavy atom. The summed E-state index contributed by atoms with van der Waals surface area (Å²) < 4.78 is 15.6. The minimum Gasteiger partial charge on any atom is -0.236 e. The van der Waals surface area contributed by atoms with Crippen LogP contribution in [0.25, 0.3) is 6.08 Å². The van der Waals surface area contributed by atoms with E-state index in [0.717, 1.165) is 16.7 Å². The Kier molecular flexibility index (Phi) is 3.12. The number of allylic oxidation sites excluding steroid dienone is 9. The van der Waals surface area contributed by atoms with E-state index in [0.29, 0.717) is 6.42 Å². The third-order valence-corrected chi connectivity index (χ3v) is 6.19. The summed E-state index contributed by atoms with van der Waals surface area (Å²) in [5, 5.41) is 0. The number of alkyl halides is 2. The molecule has 1 aromatic carbocycles. The molecular formula is C20H16BrF. The molecule has 0 aromatic heterocycles. The first-order valence-electron chi connectivity index (χ1n) is 7.53. The Labute approximate surface area is 138 Å². The molecule has 0 nitrogen and oxygen atoms in total. The summed E-state index contributed by atoms with van der Waals surface area (Å²) in [6.07, 6.45) is 18.2. The van der Waals surface area contributed by atoms with Gasteiger partial charge in [-0.25, -0.2) is 4.39 Å². The molecular weight excluding hydrogens is 339 g/mol. The highest BCUT2D eigenvalue weighted by atomic mass is 79.9. The summed E-state index contributed by atoms with van der Waals surface area (Å²) in [5.41, 5.74) is 1.63. The Morgan fingerprint density at radius 3 is 2.86 bits per heavy atom. The quantitative estimate of drug-likeness (QED) is 0.572. The lowest BCUT2D eigenvalue weighted by molar-refractivity contribution is 0.128. The third-order valence-electron chi connectivity index (χ3n) is 4.83. The van der Waals surface area contributed by atoms with Crippen LogP contribution < -0.4 is 0 Å². The lowest BCUT2D eigenvalue weighted by atomic mass is 9.66. The van der Waals surface area contributed by atoms with Crippen molar-refractivity contribution in [3.63, 3.8) is 0 Å². The second kappa shape index (κ2) is 4.92. The minimum atomic E-state index is -1.50. The highest BCUT2D eigenvalue weighted by molar-refractivity contribution is 9.09. The van der Waals surface area contributed by atoms with Crippen molar-refractivity contribution >= 4 is 22.0 Å². The summed E-state index contributed by atoms with van der Waals surface area (Å²) in [6.45, 7) is 0. The van der Waals surface area contributed by atoms with Gasteiger partial charge in [-0.1, -0.05) is 88.8 Å². The van der Waals surface area contributed by atoms with Gasteiger partial charge in [0.15, 0.2) is 5.67 Å². The first-order valence-corrected chi connectivity index (χ1v) is 8.33. The van der Waals surface area contributed by atoms with E-state index in [4.69, 9.17) is 0 Å². The van der Waals surface area contributed by atoms with Crippen LogP contribution in [0.3, 0.4) is 0 Å². The number of hydrogen-bond acceptors (Lipinski definition) is 0. The van der Waals surface area contributed by atoms with Gasteiger partial charge in [-0.05, 0) is 29.2 Å². The molecule has 0 N–H and O–H groups in total. The third kappa shape index (κ3) is 1.80. The smallest absolute Gasteiger partial charge is 0.159 e. The van der Waals surface area contributed by atoms with Gasteiger partial charge in [0.25, 0.3) is 0 Å². The van der Waals surface area contributed by atoms with Crippen molar-refractivity contribution in [2.24, 2.45) is 5.92 Å². The summed E-state index contributed by atoms with van der Waals surface area (Å²) in [4.78, 5) is 0. The van der Waals surface area contributed by atoms with Crippen LogP contribution >= 0.6 is 15.9 Å². The van der Waals surface area contributed by atoms with Crippen molar-refractivity contribution < 1.29 is 4.39 Å². The largest absolute Gasteiger partial charge is 0.236 e. The molecule has 0 aliphatic heterocycles. The SMILES string of the molecule is FC1(C2(Br)CC=Cc3ccccc32)C=CC=C2C=CC=CC21. The maximum absolute atomic E-state index is 16.4. The van der Waals surface area contributed by atoms with E-state index in [1.165, 1.54) is 0 Å². The maximum Gasteiger partial charge on any atom is 0.159 e. The number of rotatable bonds is 1. The molecule has 22 heavy (non-hydrogen) atoms. The Balaban J connectivity index is 1.89. The molecule has 110 valence electrons. The molecule has 0 bridgehead atoms. The van der Waals surface area contributed by atoms with Crippen molar-refractivity contribution in [1.82, 2.24) is 0 Å². The van der Waals surface area contributed by atoms with Crippen LogP contribution in [0.5, 0.6) is 0 Å². The van der Waals surface area contributed by atoms with Crippen LogP contribution in [0.2, 0.25) is 0 Å². The van der Waals surface area contributed by atoms with E-state index in [2.05, 4.69) is 28.1 Å². The fraction of sp³-hybridized carbons (Fsp3) is 0.200. The van der Waals surface area contributed by atoms with E-state index in [1.807, 2.05) is 60.7 Å². The molecule has 0 heterocycles. The fourth-order valence-electron chi connectivity index (χ4n) is 3.70. The number of fused-ring (bicyclic) bond motifs is 2. The standard InChI is InChI=1S/C20H16BrF/c21-19(13-5-9-15-7-1-3-11-17(15)19)20(22)14-6-10-16-8-2-4-12-18(16)20/h1-12,14,18H,13H2. The predicted molar refractivity (Wildman–Crippen MR) is 93.5 cm³/mol. The average molecular weight is 355 g/mol. The monoisotopic (exact) mass is 354 g/mol. The van der Waals surface area contributed by atoms with Gasteiger partial charge in [0, 0.05) is 5.92 Å². The molecule has 2 heteroatoms. The molecule has 0 saturated carbocycles. The molecule has 1 aromatic rings. The summed E-state index contributed by atoms with van der Waals surface area (Å²) in [6, 6.07) is 8.06. The molecule has 0 fully saturated rings. The zero-order chi connectivity index (χ0) is 15.2. The lowest BCUT2D eigenvalue weighted by Gasteiger charge is -2.47. The Hall–Kier alpha value is -1.67. The van der Waals surface area contributed by atoms with Gasteiger partial charge in [-0.15, -0.1) is 0 Å². The molecule has 0 spiro atoms.